The SMILES string of the molecule is CC1CN2C=C(OCCN(C)C)N1CC2. The summed E-state index contributed by atoms with van der Waals surface area (Å²) in [6.07, 6.45) is 2.15. The maximum Gasteiger partial charge on any atom is 0.206 e. The summed E-state index contributed by atoms with van der Waals surface area (Å²) in [6.45, 7) is 7.39. The van der Waals surface area contributed by atoms with Crippen LogP contribution in [0.25, 0.3) is 0 Å². The van der Waals surface area contributed by atoms with Crippen molar-refractivity contribution < 1.29 is 4.74 Å². The third kappa shape index (κ3) is 2.37. The molecule has 4 nitrogen and oxygen atoms in total. The van der Waals surface area contributed by atoms with Gasteiger partial charge in [0.25, 0.3) is 0 Å². The van der Waals surface area contributed by atoms with Crippen LogP contribution in [0.4, 0.5) is 0 Å². The Morgan fingerprint density at radius 2 is 2.27 bits per heavy atom. The summed E-state index contributed by atoms with van der Waals surface area (Å²) >= 11 is 0. The quantitative estimate of drug-likeness (QED) is 0.669. The van der Waals surface area contributed by atoms with Gasteiger partial charge in [0.05, 0.1) is 6.20 Å². The molecule has 1 unspecified atom stereocenters. The fourth-order valence-electron chi connectivity index (χ4n) is 2.11. The van der Waals surface area contributed by atoms with Gasteiger partial charge < -0.3 is 19.4 Å². The summed E-state index contributed by atoms with van der Waals surface area (Å²) in [5.41, 5.74) is 0. The van der Waals surface area contributed by atoms with Crippen molar-refractivity contribution in [3.63, 3.8) is 0 Å². The maximum absolute atomic E-state index is 5.80. The standard InChI is InChI=1S/C11H21N3O/c1-10-8-13-4-5-14(10)11(9-13)15-7-6-12(2)3/h9-10H,4-8H2,1-3H3. The first kappa shape index (κ1) is 10.6. The molecular formula is C11H21N3O. The van der Waals surface area contributed by atoms with Gasteiger partial charge in [-0.3, -0.25) is 0 Å². The second kappa shape index (κ2) is 4.31. The van der Waals surface area contributed by atoms with Crippen LogP contribution in [0.2, 0.25) is 0 Å². The van der Waals surface area contributed by atoms with Crippen molar-refractivity contribution in [3.8, 4) is 0 Å². The Labute approximate surface area is 92.1 Å². The van der Waals surface area contributed by atoms with Crippen LogP contribution in [0.3, 0.4) is 0 Å². The van der Waals surface area contributed by atoms with Crippen molar-refractivity contribution in [1.82, 2.24) is 14.7 Å². The van der Waals surface area contributed by atoms with Crippen molar-refractivity contribution in [1.29, 1.82) is 0 Å². The van der Waals surface area contributed by atoms with Gasteiger partial charge >= 0.3 is 0 Å². The number of piperazine rings is 1. The van der Waals surface area contributed by atoms with Gasteiger partial charge in [-0.15, -0.1) is 0 Å². The van der Waals surface area contributed by atoms with Crippen LogP contribution in [-0.4, -0.2) is 67.6 Å². The first-order chi connectivity index (χ1) is 7.16. The van der Waals surface area contributed by atoms with Gasteiger partial charge in [-0.2, -0.15) is 0 Å². The molecule has 0 amide bonds. The number of nitrogens with zero attached hydrogens (tertiary/aromatic N) is 3. The number of likely N-dealkylation sites (N-methyl/N-ethyl adjacent to an activating group) is 1. The smallest absolute Gasteiger partial charge is 0.206 e. The Morgan fingerprint density at radius 1 is 1.47 bits per heavy atom. The Morgan fingerprint density at radius 3 is 2.87 bits per heavy atom. The van der Waals surface area contributed by atoms with E-state index in [1.54, 1.807) is 0 Å². The molecule has 0 spiro atoms. The molecule has 1 saturated heterocycles. The Balaban J connectivity index is 1.87. The van der Waals surface area contributed by atoms with Crippen LogP contribution in [0, 0.1) is 0 Å². The average Bonchev–Trinajstić information content (AvgIpc) is 2.17. The lowest BCUT2D eigenvalue weighted by molar-refractivity contribution is 0.0143. The van der Waals surface area contributed by atoms with Gasteiger partial charge in [-0.05, 0) is 21.0 Å². The highest BCUT2D eigenvalue weighted by molar-refractivity contribution is 5.05. The first-order valence-electron chi connectivity index (χ1n) is 5.67. The lowest BCUT2D eigenvalue weighted by Crippen LogP contribution is -2.54. The van der Waals surface area contributed by atoms with Crippen LogP contribution in [0.1, 0.15) is 6.92 Å². The Bertz CT molecular complexity index is 252. The van der Waals surface area contributed by atoms with Crippen LogP contribution in [0.5, 0.6) is 0 Å². The monoisotopic (exact) mass is 211 g/mol. The van der Waals surface area contributed by atoms with E-state index < -0.39 is 0 Å². The van der Waals surface area contributed by atoms with E-state index in [9.17, 15) is 0 Å². The summed E-state index contributed by atoms with van der Waals surface area (Å²) in [5.74, 6) is 1.06. The topological polar surface area (TPSA) is 19.0 Å². The molecule has 4 heteroatoms. The highest BCUT2D eigenvalue weighted by Crippen LogP contribution is 2.23. The van der Waals surface area contributed by atoms with E-state index in [1.807, 2.05) is 0 Å². The van der Waals surface area contributed by atoms with Gasteiger partial charge in [0.1, 0.15) is 6.61 Å². The number of fused-ring (bicyclic) bond motifs is 2. The predicted octanol–water partition coefficient (Wildman–Crippen LogP) is 0.383. The molecule has 0 aromatic carbocycles. The van der Waals surface area contributed by atoms with E-state index in [0.29, 0.717) is 6.04 Å². The molecule has 0 saturated carbocycles. The molecule has 3 rings (SSSR count). The molecule has 3 aliphatic rings. The number of hydrogen-bond donors (Lipinski definition) is 0. The lowest BCUT2D eigenvalue weighted by Gasteiger charge is -2.46. The summed E-state index contributed by atoms with van der Waals surface area (Å²) in [7, 11) is 4.13. The Hall–Kier alpha value is -0.900. The summed E-state index contributed by atoms with van der Waals surface area (Å²) in [6, 6.07) is 0.595. The summed E-state index contributed by atoms with van der Waals surface area (Å²) < 4.78 is 5.80. The van der Waals surface area contributed by atoms with Crippen molar-refractivity contribution in [2.24, 2.45) is 0 Å². The van der Waals surface area contributed by atoms with Crippen molar-refractivity contribution in [3.05, 3.63) is 12.1 Å². The van der Waals surface area contributed by atoms with Crippen LogP contribution in [-0.2, 0) is 4.74 Å². The van der Waals surface area contributed by atoms with Gasteiger partial charge in [-0.1, -0.05) is 0 Å². The van der Waals surface area contributed by atoms with Gasteiger partial charge in [-0.25, -0.2) is 0 Å². The van der Waals surface area contributed by atoms with E-state index in [2.05, 4.69) is 41.9 Å². The highest BCUT2D eigenvalue weighted by atomic mass is 16.5. The average molecular weight is 211 g/mol. The number of hydrogen-bond acceptors (Lipinski definition) is 4. The normalized spacial score (nSPS) is 24.8. The second-order valence-electron chi connectivity index (χ2n) is 4.66. The zero-order chi connectivity index (χ0) is 10.8. The number of rotatable bonds is 4. The van der Waals surface area contributed by atoms with E-state index >= 15 is 0 Å². The maximum atomic E-state index is 5.80. The molecule has 0 aromatic rings. The zero-order valence-corrected chi connectivity index (χ0v) is 9.94. The van der Waals surface area contributed by atoms with Crippen molar-refractivity contribution in [2.75, 3.05) is 46.9 Å². The summed E-state index contributed by atoms with van der Waals surface area (Å²) in [5, 5.41) is 0. The van der Waals surface area contributed by atoms with E-state index in [1.165, 1.54) is 0 Å². The van der Waals surface area contributed by atoms with Gasteiger partial charge in [0, 0.05) is 32.2 Å². The van der Waals surface area contributed by atoms with E-state index in [4.69, 9.17) is 4.74 Å². The molecule has 0 aromatic heterocycles. The minimum absolute atomic E-state index is 0.595. The minimum atomic E-state index is 0.595. The lowest BCUT2D eigenvalue weighted by atomic mass is 10.1. The van der Waals surface area contributed by atoms with Crippen LogP contribution in [0.15, 0.2) is 12.1 Å². The highest BCUT2D eigenvalue weighted by Gasteiger charge is 2.30. The number of ether oxygens (including phenoxy) is 1. The van der Waals surface area contributed by atoms with E-state index in [0.717, 1.165) is 38.7 Å². The first-order valence-corrected chi connectivity index (χ1v) is 5.67. The molecule has 1 fully saturated rings. The van der Waals surface area contributed by atoms with Crippen molar-refractivity contribution >= 4 is 0 Å². The third-order valence-corrected chi connectivity index (χ3v) is 3.02. The molecule has 0 aliphatic carbocycles. The third-order valence-electron chi connectivity index (χ3n) is 3.02. The van der Waals surface area contributed by atoms with Gasteiger partial charge in [0.2, 0.25) is 5.88 Å². The molecule has 2 bridgehead atoms. The molecule has 3 aliphatic heterocycles. The fraction of sp³-hybridized carbons (Fsp3) is 0.818. The Kier molecular flexibility index (Phi) is 3.05. The zero-order valence-electron chi connectivity index (χ0n) is 9.94. The van der Waals surface area contributed by atoms with Gasteiger partial charge in [0.15, 0.2) is 0 Å². The molecule has 15 heavy (non-hydrogen) atoms. The van der Waals surface area contributed by atoms with Crippen LogP contribution < -0.4 is 0 Å². The molecule has 0 N–H and O–H groups in total. The molecular weight excluding hydrogens is 190 g/mol. The minimum Gasteiger partial charge on any atom is -0.477 e. The molecule has 1 atom stereocenters. The predicted molar refractivity (Wildman–Crippen MR) is 60.3 cm³/mol. The van der Waals surface area contributed by atoms with Crippen molar-refractivity contribution in [2.45, 2.75) is 13.0 Å². The molecule has 3 heterocycles. The fourth-order valence-corrected chi connectivity index (χ4v) is 2.11. The molecule has 86 valence electrons. The second-order valence-corrected chi connectivity index (χ2v) is 4.66. The summed E-state index contributed by atoms with van der Waals surface area (Å²) in [4.78, 5) is 6.87. The molecule has 0 radical (unpaired) electrons. The largest absolute Gasteiger partial charge is 0.477 e. The van der Waals surface area contributed by atoms with Crippen LogP contribution >= 0.6 is 0 Å². The van der Waals surface area contributed by atoms with E-state index in [-0.39, 0.29) is 0 Å².